The van der Waals surface area contributed by atoms with E-state index in [-0.39, 0.29) is 31.0 Å². The van der Waals surface area contributed by atoms with Gasteiger partial charge in [0.05, 0.1) is 18.4 Å². The first-order valence-electron chi connectivity index (χ1n) is 6.80. The van der Waals surface area contributed by atoms with Crippen molar-refractivity contribution in [3.05, 3.63) is 17.7 Å². The number of esters is 1. The van der Waals surface area contributed by atoms with Gasteiger partial charge in [0.15, 0.2) is 11.5 Å². The number of hydrogen-bond donors (Lipinski definition) is 3. The number of urea groups is 1. The van der Waals surface area contributed by atoms with Gasteiger partial charge in [-0.1, -0.05) is 0 Å². The first-order chi connectivity index (χ1) is 11.0. The molecule has 2 amide bonds. The standard InChI is InChI=1S/C14H16N2O7/c1-21-13(19)8-5-10-11(23-7-22-10)6-9(8)16-14(20)15-4-2-3-12(17)18/h5-6H,2-4,7H2,1H3,(H,17,18)(H2,15,16,20). The Morgan fingerprint density at radius 1 is 1.26 bits per heavy atom. The number of hydrogen-bond acceptors (Lipinski definition) is 6. The van der Waals surface area contributed by atoms with E-state index in [1.54, 1.807) is 0 Å². The van der Waals surface area contributed by atoms with Gasteiger partial charge in [0.2, 0.25) is 6.79 Å². The molecule has 1 heterocycles. The number of carboxylic acid groups (broad SMARTS) is 1. The summed E-state index contributed by atoms with van der Waals surface area (Å²) in [5.41, 5.74) is 0.328. The number of amides is 2. The monoisotopic (exact) mass is 324 g/mol. The van der Waals surface area contributed by atoms with Gasteiger partial charge < -0.3 is 30.0 Å². The first-order valence-corrected chi connectivity index (χ1v) is 6.80. The molecule has 0 bridgehead atoms. The third kappa shape index (κ3) is 4.25. The predicted molar refractivity (Wildman–Crippen MR) is 77.8 cm³/mol. The molecule has 0 spiro atoms. The Kier molecular flexibility index (Phi) is 5.23. The van der Waals surface area contributed by atoms with Gasteiger partial charge in [-0.2, -0.15) is 0 Å². The summed E-state index contributed by atoms with van der Waals surface area (Å²) in [5, 5.41) is 13.5. The summed E-state index contributed by atoms with van der Waals surface area (Å²) >= 11 is 0. The van der Waals surface area contributed by atoms with Crippen molar-refractivity contribution >= 4 is 23.7 Å². The second kappa shape index (κ2) is 7.34. The molecular formula is C14H16N2O7. The number of methoxy groups -OCH3 is 1. The molecule has 1 aliphatic heterocycles. The second-order valence-electron chi connectivity index (χ2n) is 4.62. The molecule has 3 N–H and O–H groups in total. The molecular weight excluding hydrogens is 308 g/mol. The van der Waals surface area contributed by atoms with Crippen LogP contribution in [-0.2, 0) is 9.53 Å². The highest BCUT2D eigenvalue weighted by molar-refractivity contribution is 6.01. The molecule has 0 fully saturated rings. The maximum absolute atomic E-state index is 11.8. The number of nitrogens with one attached hydrogen (secondary N) is 2. The molecule has 9 heteroatoms. The van der Waals surface area contributed by atoms with E-state index < -0.39 is 18.0 Å². The molecule has 9 nitrogen and oxygen atoms in total. The minimum Gasteiger partial charge on any atom is -0.481 e. The third-order valence-electron chi connectivity index (χ3n) is 3.02. The van der Waals surface area contributed by atoms with E-state index in [0.717, 1.165) is 0 Å². The molecule has 0 saturated carbocycles. The fraction of sp³-hybridized carbons (Fsp3) is 0.357. The van der Waals surface area contributed by atoms with Crippen molar-refractivity contribution in [1.29, 1.82) is 0 Å². The van der Waals surface area contributed by atoms with Crippen molar-refractivity contribution in [3.8, 4) is 11.5 Å². The summed E-state index contributed by atoms with van der Waals surface area (Å²) in [6.45, 7) is 0.219. The maximum atomic E-state index is 11.8. The Hall–Kier alpha value is -2.97. The Balaban J connectivity index is 2.04. The lowest BCUT2D eigenvalue weighted by molar-refractivity contribution is -0.137. The number of aliphatic carboxylic acids is 1. The quantitative estimate of drug-likeness (QED) is 0.530. The van der Waals surface area contributed by atoms with Crippen LogP contribution in [0.3, 0.4) is 0 Å². The zero-order valence-electron chi connectivity index (χ0n) is 12.4. The van der Waals surface area contributed by atoms with Gasteiger partial charge in [-0.3, -0.25) is 4.79 Å². The van der Waals surface area contributed by atoms with E-state index in [0.29, 0.717) is 17.9 Å². The summed E-state index contributed by atoms with van der Waals surface area (Å²) in [4.78, 5) is 34.0. The van der Waals surface area contributed by atoms with Crippen molar-refractivity contribution in [2.24, 2.45) is 0 Å². The van der Waals surface area contributed by atoms with Crippen LogP contribution in [0.15, 0.2) is 12.1 Å². The molecule has 0 aromatic heterocycles. The average Bonchev–Trinajstić information content (AvgIpc) is 2.97. The van der Waals surface area contributed by atoms with Crippen molar-refractivity contribution in [2.75, 3.05) is 25.8 Å². The number of anilines is 1. The number of carboxylic acids is 1. The van der Waals surface area contributed by atoms with Crippen LogP contribution in [0, 0.1) is 0 Å². The Bertz CT molecular complexity index is 630. The van der Waals surface area contributed by atoms with Crippen molar-refractivity contribution in [3.63, 3.8) is 0 Å². The molecule has 2 rings (SSSR count). The molecule has 0 aliphatic carbocycles. The Morgan fingerprint density at radius 2 is 1.96 bits per heavy atom. The lowest BCUT2D eigenvalue weighted by Crippen LogP contribution is -2.30. The van der Waals surface area contributed by atoms with E-state index in [2.05, 4.69) is 15.4 Å². The smallest absolute Gasteiger partial charge is 0.340 e. The van der Waals surface area contributed by atoms with Crippen molar-refractivity contribution in [1.82, 2.24) is 5.32 Å². The molecule has 1 aromatic rings. The van der Waals surface area contributed by atoms with Gasteiger partial charge in [-0.05, 0) is 6.42 Å². The van der Waals surface area contributed by atoms with Crippen molar-refractivity contribution < 1.29 is 33.7 Å². The van der Waals surface area contributed by atoms with Crippen molar-refractivity contribution in [2.45, 2.75) is 12.8 Å². The molecule has 23 heavy (non-hydrogen) atoms. The molecule has 1 aliphatic rings. The number of fused-ring (bicyclic) bond motifs is 1. The molecule has 124 valence electrons. The minimum atomic E-state index is -0.934. The Labute approximate surface area is 131 Å². The SMILES string of the molecule is COC(=O)c1cc2c(cc1NC(=O)NCCCC(=O)O)OCO2. The number of benzene rings is 1. The second-order valence-corrected chi connectivity index (χ2v) is 4.62. The van der Waals surface area contributed by atoms with Crippen LogP contribution < -0.4 is 20.1 Å². The number of ether oxygens (including phenoxy) is 3. The lowest BCUT2D eigenvalue weighted by Gasteiger charge is -2.11. The molecule has 1 aromatic carbocycles. The maximum Gasteiger partial charge on any atom is 0.340 e. The largest absolute Gasteiger partial charge is 0.481 e. The highest BCUT2D eigenvalue weighted by atomic mass is 16.7. The molecule has 0 saturated heterocycles. The van der Waals surface area contributed by atoms with E-state index in [1.165, 1.54) is 19.2 Å². The van der Waals surface area contributed by atoms with Crippen LogP contribution in [0.2, 0.25) is 0 Å². The van der Waals surface area contributed by atoms with E-state index in [4.69, 9.17) is 14.6 Å². The minimum absolute atomic E-state index is 0.0286. The van der Waals surface area contributed by atoms with Gasteiger partial charge >= 0.3 is 18.0 Å². The van der Waals surface area contributed by atoms with Crippen LogP contribution >= 0.6 is 0 Å². The number of rotatable bonds is 6. The third-order valence-corrected chi connectivity index (χ3v) is 3.02. The fourth-order valence-electron chi connectivity index (χ4n) is 1.93. The zero-order chi connectivity index (χ0) is 16.8. The van der Waals surface area contributed by atoms with Crippen LogP contribution in [-0.4, -0.2) is 43.5 Å². The zero-order valence-corrected chi connectivity index (χ0v) is 12.4. The van der Waals surface area contributed by atoms with Gasteiger partial charge in [0.1, 0.15) is 0 Å². The number of carbonyl (C=O) groups is 3. The summed E-state index contributed by atoms with van der Waals surface area (Å²) < 4.78 is 15.1. The predicted octanol–water partition coefficient (Wildman–Crippen LogP) is 1.19. The van der Waals surface area contributed by atoms with E-state index in [9.17, 15) is 14.4 Å². The summed E-state index contributed by atoms with van der Waals surface area (Å²) in [7, 11) is 1.22. The van der Waals surface area contributed by atoms with Gasteiger partial charge in [-0.25, -0.2) is 9.59 Å². The molecule has 0 radical (unpaired) electrons. The first kappa shape index (κ1) is 16.4. The van der Waals surface area contributed by atoms with Crippen LogP contribution in [0.4, 0.5) is 10.5 Å². The summed E-state index contributed by atoms with van der Waals surface area (Å²) in [6, 6.07) is 2.32. The van der Waals surface area contributed by atoms with Gasteiger partial charge in [0.25, 0.3) is 0 Å². The highest BCUT2D eigenvalue weighted by Gasteiger charge is 2.22. The van der Waals surface area contributed by atoms with E-state index >= 15 is 0 Å². The van der Waals surface area contributed by atoms with E-state index in [1.807, 2.05) is 0 Å². The lowest BCUT2D eigenvalue weighted by atomic mass is 10.1. The van der Waals surface area contributed by atoms with Crippen LogP contribution in [0.5, 0.6) is 11.5 Å². The average molecular weight is 324 g/mol. The van der Waals surface area contributed by atoms with Crippen LogP contribution in [0.25, 0.3) is 0 Å². The molecule has 0 atom stereocenters. The van der Waals surface area contributed by atoms with Gasteiger partial charge in [0, 0.05) is 25.1 Å². The fourth-order valence-corrected chi connectivity index (χ4v) is 1.93. The van der Waals surface area contributed by atoms with Crippen LogP contribution in [0.1, 0.15) is 23.2 Å². The molecule has 0 unspecified atom stereocenters. The normalized spacial score (nSPS) is 11.7. The Morgan fingerprint density at radius 3 is 2.61 bits per heavy atom. The topological polar surface area (TPSA) is 123 Å². The van der Waals surface area contributed by atoms with Gasteiger partial charge in [-0.15, -0.1) is 0 Å². The summed E-state index contributed by atoms with van der Waals surface area (Å²) in [6.07, 6.45) is 0.255. The summed E-state index contributed by atoms with van der Waals surface area (Å²) in [5.74, 6) is -0.780. The number of carbonyl (C=O) groups excluding carboxylic acids is 2. The highest BCUT2D eigenvalue weighted by Crippen LogP contribution is 2.37.